The lowest BCUT2D eigenvalue weighted by Gasteiger charge is -2.63. The summed E-state index contributed by atoms with van der Waals surface area (Å²) >= 11 is 6.30. The number of halogens is 1. The average molecular weight is 528 g/mol. The first-order valence-electron chi connectivity index (χ1n) is 14.4. The zero-order valence-corrected chi connectivity index (χ0v) is 23.3. The highest BCUT2D eigenvalue weighted by Crippen LogP contribution is 2.69. The van der Waals surface area contributed by atoms with Gasteiger partial charge in [0.15, 0.2) is 5.78 Å². The van der Waals surface area contributed by atoms with Crippen molar-refractivity contribution in [3.63, 3.8) is 0 Å². The number of aromatic nitrogens is 3. The maximum absolute atomic E-state index is 13.8. The number of nitrogens with zero attached hydrogens (tertiary/aromatic N) is 3. The minimum absolute atomic E-state index is 0.0573. The van der Waals surface area contributed by atoms with E-state index in [2.05, 4.69) is 17.2 Å². The third kappa shape index (κ3) is 4.08. The number of hydrogen-bond acceptors (Lipinski definition) is 5. The number of fused-ring (bicyclic) bond motifs is 6. The highest BCUT2D eigenvalue weighted by atomic mass is 35.5. The molecule has 4 aliphatic carbocycles. The minimum atomic E-state index is -0.530. The smallest absolute Gasteiger partial charge is 0.157 e. The van der Waals surface area contributed by atoms with E-state index in [1.54, 1.807) is 4.68 Å². The molecular formula is C30H42ClN3O3. The van der Waals surface area contributed by atoms with Gasteiger partial charge in [-0.3, -0.25) is 4.79 Å². The molecule has 6 rings (SSSR count). The number of rotatable bonds is 6. The summed E-state index contributed by atoms with van der Waals surface area (Å²) < 4.78 is 7.37. The average Bonchev–Trinajstić information content (AvgIpc) is 3.44. The van der Waals surface area contributed by atoms with E-state index in [9.17, 15) is 9.90 Å². The van der Waals surface area contributed by atoms with E-state index in [0.29, 0.717) is 40.0 Å². The van der Waals surface area contributed by atoms with Gasteiger partial charge < -0.3 is 9.84 Å². The van der Waals surface area contributed by atoms with E-state index < -0.39 is 5.60 Å². The number of carbonyl (C=O) groups is 1. The van der Waals surface area contributed by atoms with Crippen LogP contribution in [0.4, 0.5) is 0 Å². The topological polar surface area (TPSA) is 77.2 Å². The Morgan fingerprint density at radius 2 is 1.97 bits per heavy atom. The fourth-order valence-corrected chi connectivity index (χ4v) is 10.1. The van der Waals surface area contributed by atoms with Crippen molar-refractivity contribution in [3.05, 3.63) is 23.2 Å². The largest absolute Gasteiger partial charge is 0.390 e. The highest BCUT2D eigenvalue weighted by Gasteiger charge is 2.62. The molecule has 0 amide bonds. The quantitative estimate of drug-likeness (QED) is 0.492. The number of aliphatic hydroxyl groups is 1. The van der Waals surface area contributed by atoms with Crippen molar-refractivity contribution in [2.24, 2.45) is 40.4 Å². The molecule has 4 fully saturated rings. The monoisotopic (exact) mass is 527 g/mol. The molecule has 0 saturated heterocycles. The van der Waals surface area contributed by atoms with Crippen LogP contribution < -0.4 is 0 Å². The number of methoxy groups -OCH3 is 1. The Morgan fingerprint density at radius 1 is 1.14 bits per heavy atom. The summed E-state index contributed by atoms with van der Waals surface area (Å²) in [4.78, 5) is 13.8. The first-order chi connectivity index (χ1) is 17.7. The molecule has 0 spiro atoms. The Kier molecular flexibility index (Phi) is 6.48. The highest BCUT2D eigenvalue weighted by molar-refractivity contribution is 6.34. The Hall–Kier alpha value is -1.50. The molecule has 0 unspecified atom stereocenters. The van der Waals surface area contributed by atoms with Gasteiger partial charge in [0, 0.05) is 19.6 Å². The molecular weight excluding hydrogens is 486 g/mol. The molecule has 4 saturated carbocycles. The van der Waals surface area contributed by atoms with Crippen LogP contribution in [0.1, 0.15) is 78.1 Å². The van der Waals surface area contributed by atoms with Gasteiger partial charge in [-0.1, -0.05) is 29.8 Å². The Balaban J connectivity index is 1.24. The molecule has 6 nitrogen and oxygen atoms in total. The molecule has 202 valence electrons. The fraction of sp³-hybridized carbons (Fsp3) is 0.767. The molecule has 0 bridgehead atoms. The molecule has 1 N–H and O–H groups in total. The molecule has 1 aromatic heterocycles. The summed E-state index contributed by atoms with van der Waals surface area (Å²) in [5.41, 5.74) is 1.30. The van der Waals surface area contributed by atoms with Crippen molar-refractivity contribution in [3.8, 4) is 0 Å². The van der Waals surface area contributed by atoms with Crippen LogP contribution in [0.25, 0.3) is 11.0 Å². The van der Waals surface area contributed by atoms with Gasteiger partial charge in [0.1, 0.15) is 12.1 Å². The molecule has 37 heavy (non-hydrogen) atoms. The summed E-state index contributed by atoms with van der Waals surface area (Å²) in [6, 6.07) is 5.65. The Bertz CT molecular complexity index is 1180. The van der Waals surface area contributed by atoms with E-state index in [1.807, 2.05) is 32.2 Å². The predicted molar refractivity (Wildman–Crippen MR) is 144 cm³/mol. The zero-order valence-electron chi connectivity index (χ0n) is 22.6. The lowest BCUT2D eigenvalue weighted by atomic mass is 9.42. The van der Waals surface area contributed by atoms with Gasteiger partial charge in [-0.25, -0.2) is 4.68 Å². The molecule has 1 heterocycles. The molecule has 2 aromatic rings. The van der Waals surface area contributed by atoms with E-state index in [-0.39, 0.29) is 23.3 Å². The van der Waals surface area contributed by atoms with Crippen LogP contribution in [-0.4, -0.2) is 45.2 Å². The zero-order chi connectivity index (χ0) is 26.0. The minimum Gasteiger partial charge on any atom is -0.390 e. The van der Waals surface area contributed by atoms with Crippen molar-refractivity contribution < 1.29 is 14.6 Å². The first-order valence-corrected chi connectivity index (χ1v) is 14.8. The van der Waals surface area contributed by atoms with Crippen molar-refractivity contribution in [2.75, 3.05) is 13.7 Å². The standard InChI is InChI=1S/C30H42ClN3O3/c1-28(36)13-14-30(15-16-37-3)19(17-28)7-8-20-21-9-10-23(29(21,2)12-11-22(20)30)26(35)18-34-25-6-4-5-24(31)27(25)32-33-34/h4-6,19-23,36H,7-18H2,1-3H3/t19-,20-,21-,22-,23+,28+,29-,30+/m0/s1. The number of benzene rings is 1. The predicted octanol–water partition coefficient (Wildman–Crippen LogP) is 6.08. The van der Waals surface area contributed by atoms with Crippen molar-refractivity contribution in [1.82, 2.24) is 15.0 Å². The second-order valence-electron chi connectivity index (χ2n) is 13.3. The normalized spacial score (nSPS) is 41.3. The van der Waals surface area contributed by atoms with Gasteiger partial charge in [0.25, 0.3) is 0 Å². The van der Waals surface area contributed by atoms with Crippen LogP contribution in [-0.2, 0) is 16.1 Å². The van der Waals surface area contributed by atoms with E-state index >= 15 is 0 Å². The van der Waals surface area contributed by atoms with E-state index in [0.717, 1.165) is 57.1 Å². The molecule has 4 aliphatic rings. The third-order valence-electron chi connectivity index (χ3n) is 11.6. The molecule has 0 radical (unpaired) electrons. The van der Waals surface area contributed by atoms with Crippen LogP contribution in [0.15, 0.2) is 18.2 Å². The Labute approximate surface area is 225 Å². The Morgan fingerprint density at radius 3 is 2.78 bits per heavy atom. The van der Waals surface area contributed by atoms with Crippen LogP contribution >= 0.6 is 11.6 Å². The number of ketones is 1. The lowest BCUT2D eigenvalue weighted by Crippen LogP contribution is -2.57. The summed E-state index contributed by atoms with van der Waals surface area (Å²) in [6.45, 7) is 5.53. The van der Waals surface area contributed by atoms with Crippen molar-refractivity contribution in [1.29, 1.82) is 0 Å². The number of carbonyl (C=O) groups excluding carboxylic acids is 1. The van der Waals surface area contributed by atoms with Crippen LogP contribution in [0.5, 0.6) is 0 Å². The molecule has 0 aliphatic heterocycles. The van der Waals surface area contributed by atoms with Crippen molar-refractivity contribution in [2.45, 2.75) is 90.2 Å². The van der Waals surface area contributed by atoms with E-state index in [4.69, 9.17) is 16.3 Å². The van der Waals surface area contributed by atoms with Crippen LogP contribution in [0.2, 0.25) is 5.02 Å². The molecule has 7 heteroatoms. The SMILES string of the molecule is COCC[C@]12CC[C@@](C)(O)C[C@@H]1CC[C@H]1[C@@H]3CC[C@H](C(=O)Cn4nnc5c(Cl)cccc54)[C@@]3(C)CC[C@@H]12. The lowest BCUT2D eigenvalue weighted by molar-refractivity contribution is -0.163. The number of hydrogen-bond donors (Lipinski definition) is 1. The van der Waals surface area contributed by atoms with Gasteiger partial charge in [-0.2, -0.15) is 0 Å². The first kappa shape index (κ1) is 25.8. The second kappa shape index (κ2) is 9.31. The molecule has 1 aromatic carbocycles. The van der Waals surface area contributed by atoms with Crippen LogP contribution in [0.3, 0.4) is 0 Å². The summed E-state index contributed by atoms with van der Waals surface area (Å²) in [5.74, 6) is 2.93. The second-order valence-corrected chi connectivity index (χ2v) is 13.7. The van der Waals surface area contributed by atoms with Crippen LogP contribution in [0, 0.1) is 40.4 Å². The summed E-state index contributed by atoms with van der Waals surface area (Å²) in [5, 5.41) is 20.0. The number of Topliss-reactive ketones (excluding diaryl/α,β-unsaturated/α-hetero) is 1. The van der Waals surface area contributed by atoms with Crippen molar-refractivity contribution >= 4 is 28.4 Å². The summed E-state index contributed by atoms with van der Waals surface area (Å²) in [6.07, 6.45) is 11.0. The maximum Gasteiger partial charge on any atom is 0.157 e. The van der Waals surface area contributed by atoms with E-state index in [1.165, 1.54) is 19.3 Å². The third-order valence-corrected chi connectivity index (χ3v) is 11.9. The van der Waals surface area contributed by atoms with Gasteiger partial charge in [0.2, 0.25) is 0 Å². The molecule has 8 atom stereocenters. The summed E-state index contributed by atoms with van der Waals surface area (Å²) in [7, 11) is 1.82. The van der Waals surface area contributed by atoms with Gasteiger partial charge in [-0.15, -0.1) is 5.10 Å². The van der Waals surface area contributed by atoms with Gasteiger partial charge in [0.05, 0.1) is 16.1 Å². The van der Waals surface area contributed by atoms with Gasteiger partial charge >= 0.3 is 0 Å². The number of ether oxygens (including phenoxy) is 1. The van der Waals surface area contributed by atoms with Gasteiger partial charge in [-0.05, 0) is 118 Å². The fourth-order valence-electron chi connectivity index (χ4n) is 9.89. The maximum atomic E-state index is 13.8.